The second-order valence-electron chi connectivity index (χ2n) is 3.74. The van der Waals surface area contributed by atoms with Crippen LogP contribution in [0.5, 0.6) is 0 Å². The van der Waals surface area contributed by atoms with E-state index >= 15 is 0 Å². The molecule has 5 heteroatoms. The molecule has 0 saturated carbocycles. The van der Waals surface area contributed by atoms with Crippen LogP contribution < -0.4 is 5.73 Å². The Labute approximate surface area is 111 Å². The summed E-state index contributed by atoms with van der Waals surface area (Å²) in [6.07, 6.45) is 0. The molecule has 2 N–H and O–H groups in total. The van der Waals surface area contributed by atoms with Crippen LogP contribution in [0.25, 0.3) is 0 Å². The molecule has 0 heterocycles. The Bertz CT molecular complexity index is 336. The van der Waals surface area contributed by atoms with E-state index in [0.717, 1.165) is 4.47 Å². The molecule has 1 unspecified atom stereocenters. The van der Waals surface area contributed by atoms with Crippen molar-refractivity contribution in [3.63, 3.8) is 0 Å². The van der Waals surface area contributed by atoms with Crippen molar-refractivity contribution in [1.82, 2.24) is 4.90 Å². The number of rotatable bonds is 4. The predicted molar refractivity (Wildman–Crippen MR) is 71.3 cm³/mol. The van der Waals surface area contributed by atoms with Crippen LogP contribution in [0.3, 0.4) is 0 Å². The van der Waals surface area contributed by atoms with Crippen molar-refractivity contribution in [1.29, 1.82) is 0 Å². The molecule has 0 spiro atoms. The molecule has 92 valence electrons. The Kier molecular flexibility index (Phi) is 7.15. The van der Waals surface area contributed by atoms with Gasteiger partial charge < -0.3 is 5.73 Å². The lowest BCUT2D eigenvalue weighted by atomic mass is 10.2. The normalized spacial score (nSPS) is 12.4. The van der Waals surface area contributed by atoms with Gasteiger partial charge in [0.15, 0.2) is 0 Å². The summed E-state index contributed by atoms with van der Waals surface area (Å²) in [5, 5.41) is 0. The van der Waals surface area contributed by atoms with E-state index in [4.69, 9.17) is 5.73 Å². The Morgan fingerprint density at radius 3 is 2.62 bits per heavy atom. The largest absolute Gasteiger partial charge is 0.329 e. The maximum atomic E-state index is 13.5. The molecular formula is C11H17BrClFN2. The van der Waals surface area contributed by atoms with Crippen LogP contribution in [0.15, 0.2) is 22.7 Å². The number of likely N-dealkylation sites (N-methyl/N-ethyl adjacent to an activating group) is 1. The first-order chi connectivity index (χ1) is 7.04. The van der Waals surface area contributed by atoms with Crippen LogP contribution >= 0.6 is 28.3 Å². The molecule has 1 aromatic rings. The topological polar surface area (TPSA) is 29.3 Å². The van der Waals surface area contributed by atoms with Gasteiger partial charge in [-0.2, -0.15) is 0 Å². The molecule has 1 atom stereocenters. The molecule has 0 fully saturated rings. The molecule has 0 saturated heterocycles. The van der Waals surface area contributed by atoms with Crippen molar-refractivity contribution < 1.29 is 4.39 Å². The first-order valence-electron chi connectivity index (χ1n) is 4.89. The summed E-state index contributed by atoms with van der Waals surface area (Å²) in [6.45, 7) is 3.18. The third-order valence-corrected chi connectivity index (χ3v) is 3.02. The molecule has 0 bridgehead atoms. The molecule has 0 aliphatic rings. The third kappa shape index (κ3) is 4.37. The molecule has 0 amide bonds. The highest BCUT2D eigenvalue weighted by Crippen LogP contribution is 2.16. The summed E-state index contributed by atoms with van der Waals surface area (Å²) in [4.78, 5) is 2.03. The minimum absolute atomic E-state index is 0. The quantitative estimate of drug-likeness (QED) is 0.926. The van der Waals surface area contributed by atoms with E-state index in [9.17, 15) is 4.39 Å². The Morgan fingerprint density at radius 1 is 1.50 bits per heavy atom. The standard InChI is InChI=1S/C11H16BrFN2.ClH/c1-8(6-14)15(2)7-9-3-4-10(12)5-11(9)13;/h3-5,8H,6-7,14H2,1-2H3;1H. The highest BCUT2D eigenvalue weighted by Gasteiger charge is 2.10. The zero-order valence-electron chi connectivity index (χ0n) is 9.41. The average molecular weight is 312 g/mol. The summed E-state index contributed by atoms with van der Waals surface area (Å²) >= 11 is 3.23. The molecule has 0 aliphatic carbocycles. The van der Waals surface area contributed by atoms with Gasteiger partial charge >= 0.3 is 0 Å². The minimum atomic E-state index is -0.180. The summed E-state index contributed by atoms with van der Waals surface area (Å²) in [5.74, 6) is -0.180. The van der Waals surface area contributed by atoms with Crippen molar-refractivity contribution >= 4 is 28.3 Å². The van der Waals surface area contributed by atoms with Crippen LogP contribution in [-0.2, 0) is 6.54 Å². The highest BCUT2D eigenvalue weighted by atomic mass is 79.9. The second kappa shape index (κ2) is 7.22. The SMILES string of the molecule is CC(CN)N(C)Cc1ccc(Br)cc1F.Cl. The van der Waals surface area contributed by atoms with E-state index < -0.39 is 0 Å². The van der Waals surface area contributed by atoms with Gasteiger partial charge in [-0.25, -0.2) is 4.39 Å². The Hall–Kier alpha value is -0.160. The molecular weight excluding hydrogens is 294 g/mol. The maximum absolute atomic E-state index is 13.5. The summed E-state index contributed by atoms with van der Waals surface area (Å²) < 4.78 is 14.3. The number of nitrogens with two attached hydrogens (primary N) is 1. The number of nitrogens with zero attached hydrogens (tertiary/aromatic N) is 1. The fraction of sp³-hybridized carbons (Fsp3) is 0.455. The molecule has 1 rings (SSSR count). The van der Waals surface area contributed by atoms with Crippen LogP contribution in [0.2, 0.25) is 0 Å². The molecule has 0 aromatic heterocycles. The predicted octanol–water partition coefficient (Wildman–Crippen LogP) is 2.79. The van der Waals surface area contributed by atoms with Gasteiger partial charge in [-0.05, 0) is 26.1 Å². The van der Waals surface area contributed by atoms with E-state index in [1.807, 2.05) is 24.9 Å². The average Bonchev–Trinajstić information content (AvgIpc) is 2.20. The summed E-state index contributed by atoms with van der Waals surface area (Å²) in [6, 6.07) is 5.38. The van der Waals surface area contributed by atoms with Crippen molar-refractivity contribution in [2.45, 2.75) is 19.5 Å². The zero-order valence-corrected chi connectivity index (χ0v) is 11.8. The second-order valence-corrected chi connectivity index (χ2v) is 4.65. The monoisotopic (exact) mass is 310 g/mol. The van der Waals surface area contributed by atoms with Crippen LogP contribution in [-0.4, -0.2) is 24.5 Å². The van der Waals surface area contributed by atoms with Crippen LogP contribution in [0.4, 0.5) is 4.39 Å². The smallest absolute Gasteiger partial charge is 0.128 e. The van der Waals surface area contributed by atoms with Gasteiger partial charge in [0.2, 0.25) is 0 Å². The lowest BCUT2D eigenvalue weighted by Crippen LogP contribution is -2.34. The highest BCUT2D eigenvalue weighted by molar-refractivity contribution is 9.10. The third-order valence-electron chi connectivity index (χ3n) is 2.53. The molecule has 2 nitrogen and oxygen atoms in total. The fourth-order valence-corrected chi connectivity index (χ4v) is 1.59. The van der Waals surface area contributed by atoms with Crippen molar-refractivity contribution in [2.24, 2.45) is 5.73 Å². The molecule has 0 aliphatic heterocycles. The molecule has 1 aromatic carbocycles. The Balaban J connectivity index is 0.00000225. The Morgan fingerprint density at radius 2 is 2.12 bits per heavy atom. The number of hydrogen-bond donors (Lipinski definition) is 1. The molecule has 16 heavy (non-hydrogen) atoms. The van der Waals surface area contributed by atoms with Gasteiger partial charge in [0.1, 0.15) is 5.82 Å². The first-order valence-corrected chi connectivity index (χ1v) is 5.68. The lowest BCUT2D eigenvalue weighted by molar-refractivity contribution is 0.251. The maximum Gasteiger partial charge on any atom is 0.128 e. The van der Waals surface area contributed by atoms with Gasteiger partial charge in [0.25, 0.3) is 0 Å². The van der Waals surface area contributed by atoms with Gasteiger partial charge in [0.05, 0.1) is 0 Å². The van der Waals surface area contributed by atoms with E-state index in [1.165, 1.54) is 6.07 Å². The fourth-order valence-electron chi connectivity index (χ4n) is 1.25. The van der Waals surface area contributed by atoms with E-state index in [1.54, 1.807) is 6.07 Å². The number of benzene rings is 1. The van der Waals surface area contributed by atoms with Crippen molar-refractivity contribution in [3.05, 3.63) is 34.1 Å². The first kappa shape index (κ1) is 15.8. The van der Waals surface area contributed by atoms with Gasteiger partial charge in [-0.3, -0.25) is 4.90 Å². The molecule has 0 radical (unpaired) electrons. The van der Waals surface area contributed by atoms with E-state index in [2.05, 4.69) is 15.9 Å². The zero-order chi connectivity index (χ0) is 11.4. The van der Waals surface area contributed by atoms with Crippen molar-refractivity contribution in [2.75, 3.05) is 13.6 Å². The van der Waals surface area contributed by atoms with E-state index in [0.29, 0.717) is 18.7 Å². The van der Waals surface area contributed by atoms with Crippen LogP contribution in [0.1, 0.15) is 12.5 Å². The summed E-state index contributed by atoms with van der Waals surface area (Å²) in [7, 11) is 1.94. The van der Waals surface area contributed by atoms with Crippen LogP contribution in [0, 0.1) is 5.82 Å². The van der Waals surface area contributed by atoms with Crippen molar-refractivity contribution in [3.8, 4) is 0 Å². The van der Waals surface area contributed by atoms with Gasteiger partial charge in [-0.1, -0.05) is 22.0 Å². The number of halogens is 3. The number of hydrogen-bond acceptors (Lipinski definition) is 2. The van der Waals surface area contributed by atoms with Gasteiger partial charge in [-0.15, -0.1) is 12.4 Å². The lowest BCUT2D eigenvalue weighted by Gasteiger charge is -2.23. The van der Waals surface area contributed by atoms with E-state index in [-0.39, 0.29) is 24.3 Å². The van der Waals surface area contributed by atoms with Gasteiger partial charge in [0, 0.05) is 29.2 Å². The minimum Gasteiger partial charge on any atom is -0.329 e. The summed E-state index contributed by atoms with van der Waals surface area (Å²) in [5.41, 5.74) is 6.24.